The first-order valence-corrected chi connectivity index (χ1v) is 4.97. The highest BCUT2D eigenvalue weighted by molar-refractivity contribution is 6.27. The molecule has 0 aliphatic rings. The maximum Gasteiger partial charge on any atom is 0.332 e. The Balaban J connectivity index is 3.20. The molecule has 0 aliphatic carbocycles. The predicted octanol–water partition coefficient (Wildman–Crippen LogP) is 1.11. The van der Waals surface area contributed by atoms with E-state index < -0.39 is 0 Å². The van der Waals surface area contributed by atoms with Gasteiger partial charge in [-0.15, -0.1) is 0 Å². The van der Waals surface area contributed by atoms with Crippen molar-refractivity contribution in [3.63, 3.8) is 0 Å². The normalized spacial score (nSPS) is 9.50. The molecule has 0 bridgehead atoms. The van der Waals surface area contributed by atoms with E-state index in [1.54, 1.807) is 6.92 Å². The number of carbonyl (C=O) groups excluding carboxylic acids is 1. The number of esters is 1. The molecule has 0 N–H and O–H groups in total. The SMILES string of the molecule is C=C(C)C(=O)OC[Si]OCCC. The van der Waals surface area contributed by atoms with Crippen molar-refractivity contribution < 1.29 is 14.0 Å². The summed E-state index contributed by atoms with van der Waals surface area (Å²) >= 11 is 0. The molecule has 0 amide bonds. The zero-order valence-electron chi connectivity index (χ0n) is 7.55. The molecule has 0 atom stereocenters. The summed E-state index contributed by atoms with van der Waals surface area (Å²) < 4.78 is 9.93. The first-order valence-electron chi connectivity index (χ1n) is 3.85. The number of hydrogen-bond acceptors (Lipinski definition) is 3. The summed E-state index contributed by atoms with van der Waals surface area (Å²) in [6.07, 6.45) is 1.33. The third kappa shape index (κ3) is 6.12. The van der Waals surface area contributed by atoms with E-state index in [9.17, 15) is 4.79 Å². The molecule has 0 rings (SSSR count). The summed E-state index contributed by atoms with van der Waals surface area (Å²) in [5, 5.41) is 0. The van der Waals surface area contributed by atoms with E-state index in [-0.39, 0.29) is 15.7 Å². The van der Waals surface area contributed by atoms with Crippen molar-refractivity contribution in [2.24, 2.45) is 0 Å². The lowest BCUT2D eigenvalue weighted by molar-refractivity contribution is -0.137. The minimum atomic E-state index is -0.345. The van der Waals surface area contributed by atoms with E-state index in [0.717, 1.165) is 13.0 Å². The fourth-order valence-corrected chi connectivity index (χ4v) is 1.06. The molecule has 0 heterocycles. The molecule has 3 nitrogen and oxygen atoms in total. The Morgan fingerprint density at radius 2 is 2.25 bits per heavy atom. The van der Waals surface area contributed by atoms with E-state index in [1.807, 2.05) is 6.92 Å². The van der Waals surface area contributed by atoms with Gasteiger partial charge in [0, 0.05) is 12.2 Å². The van der Waals surface area contributed by atoms with Gasteiger partial charge < -0.3 is 9.16 Å². The molecule has 0 unspecified atom stereocenters. The zero-order chi connectivity index (χ0) is 9.40. The third-order valence-electron chi connectivity index (χ3n) is 1.02. The van der Waals surface area contributed by atoms with E-state index in [1.165, 1.54) is 0 Å². The van der Waals surface area contributed by atoms with Gasteiger partial charge in [-0.2, -0.15) is 0 Å². The molecular formula is C8H14O3Si. The molecular weight excluding hydrogens is 172 g/mol. The van der Waals surface area contributed by atoms with Crippen LogP contribution in [0.1, 0.15) is 20.3 Å². The maximum atomic E-state index is 10.8. The topological polar surface area (TPSA) is 35.5 Å². The van der Waals surface area contributed by atoms with Crippen molar-refractivity contribution in [2.45, 2.75) is 20.3 Å². The van der Waals surface area contributed by atoms with Crippen LogP contribution in [0.25, 0.3) is 0 Å². The van der Waals surface area contributed by atoms with Gasteiger partial charge >= 0.3 is 5.97 Å². The molecule has 0 spiro atoms. The second-order valence-electron chi connectivity index (χ2n) is 2.35. The first kappa shape index (κ1) is 11.4. The molecule has 0 aromatic rings. The molecule has 2 radical (unpaired) electrons. The smallest absolute Gasteiger partial charge is 0.332 e. The van der Waals surface area contributed by atoms with Gasteiger partial charge in [0.2, 0.25) is 0 Å². The van der Waals surface area contributed by atoms with Crippen molar-refractivity contribution >= 4 is 15.7 Å². The molecule has 12 heavy (non-hydrogen) atoms. The first-order chi connectivity index (χ1) is 5.68. The van der Waals surface area contributed by atoms with Crippen LogP contribution < -0.4 is 0 Å². The molecule has 0 fully saturated rings. The van der Waals surface area contributed by atoms with Crippen LogP contribution in [-0.2, 0) is 14.0 Å². The average molecular weight is 186 g/mol. The van der Waals surface area contributed by atoms with Gasteiger partial charge in [-0.3, -0.25) is 0 Å². The van der Waals surface area contributed by atoms with Gasteiger partial charge in [-0.1, -0.05) is 13.5 Å². The largest absolute Gasteiger partial charge is 0.464 e. The van der Waals surface area contributed by atoms with Gasteiger partial charge in [-0.05, 0) is 13.3 Å². The molecule has 0 saturated heterocycles. The van der Waals surface area contributed by atoms with Gasteiger partial charge in [0.1, 0.15) is 6.23 Å². The highest BCUT2D eigenvalue weighted by Gasteiger charge is 2.02. The van der Waals surface area contributed by atoms with E-state index >= 15 is 0 Å². The van der Waals surface area contributed by atoms with Crippen LogP contribution in [-0.4, -0.2) is 28.6 Å². The van der Waals surface area contributed by atoms with Gasteiger partial charge in [0.15, 0.2) is 0 Å². The third-order valence-corrected chi connectivity index (χ3v) is 1.69. The Bertz CT molecular complexity index is 156. The zero-order valence-corrected chi connectivity index (χ0v) is 8.55. The highest BCUT2D eigenvalue weighted by atomic mass is 28.2. The lowest BCUT2D eigenvalue weighted by atomic mass is 10.4. The fourth-order valence-electron chi connectivity index (χ4n) is 0.434. The van der Waals surface area contributed by atoms with Crippen molar-refractivity contribution in [3.05, 3.63) is 12.2 Å². The van der Waals surface area contributed by atoms with Crippen LogP contribution in [0.5, 0.6) is 0 Å². The maximum absolute atomic E-state index is 10.8. The van der Waals surface area contributed by atoms with Crippen molar-refractivity contribution in [3.8, 4) is 0 Å². The van der Waals surface area contributed by atoms with Gasteiger partial charge in [-0.25, -0.2) is 4.79 Å². The van der Waals surface area contributed by atoms with Crippen molar-refractivity contribution in [1.82, 2.24) is 0 Å². The second kappa shape index (κ2) is 7.06. The van der Waals surface area contributed by atoms with Crippen molar-refractivity contribution in [1.29, 1.82) is 0 Å². The summed E-state index contributed by atoms with van der Waals surface area (Å²) in [5.74, 6) is -0.345. The highest BCUT2D eigenvalue weighted by Crippen LogP contribution is 1.90. The Morgan fingerprint density at radius 1 is 1.58 bits per heavy atom. The van der Waals surface area contributed by atoms with Crippen LogP contribution in [0.3, 0.4) is 0 Å². The Morgan fingerprint density at radius 3 is 2.75 bits per heavy atom. The van der Waals surface area contributed by atoms with Gasteiger partial charge in [0.05, 0.1) is 0 Å². The van der Waals surface area contributed by atoms with Crippen LogP contribution in [0, 0.1) is 0 Å². The summed E-state index contributed by atoms with van der Waals surface area (Å²) in [6, 6.07) is 0. The molecule has 68 valence electrons. The number of hydrogen-bond donors (Lipinski definition) is 0. The molecule has 0 aromatic carbocycles. The van der Waals surface area contributed by atoms with Gasteiger partial charge in [0.25, 0.3) is 9.76 Å². The van der Waals surface area contributed by atoms with E-state index in [4.69, 9.17) is 9.16 Å². The summed E-state index contributed by atoms with van der Waals surface area (Å²) in [6.45, 7) is 7.84. The summed E-state index contributed by atoms with van der Waals surface area (Å²) in [4.78, 5) is 10.8. The minimum Gasteiger partial charge on any atom is -0.464 e. The Kier molecular flexibility index (Phi) is 6.70. The van der Waals surface area contributed by atoms with Crippen molar-refractivity contribution in [2.75, 3.05) is 12.8 Å². The van der Waals surface area contributed by atoms with Crippen LogP contribution in [0.15, 0.2) is 12.2 Å². The molecule has 0 saturated carbocycles. The quantitative estimate of drug-likeness (QED) is 0.270. The molecule has 4 heteroatoms. The Hall–Kier alpha value is -0.613. The van der Waals surface area contributed by atoms with E-state index in [0.29, 0.717) is 11.8 Å². The number of carbonyl (C=O) groups is 1. The summed E-state index contributed by atoms with van der Waals surface area (Å²) in [7, 11) is 0.240. The lowest BCUT2D eigenvalue weighted by Gasteiger charge is -2.02. The Labute approximate surface area is 75.7 Å². The number of ether oxygens (including phenoxy) is 1. The minimum absolute atomic E-state index is 0.240. The fraction of sp³-hybridized carbons (Fsp3) is 0.625. The molecule has 0 aliphatic heterocycles. The second-order valence-corrected chi connectivity index (χ2v) is 3.22. The van der Waals surface area contributed by atoms with Crippen LogP contribution >= 0.6 is 0 Å². The number of rotatable bonds is 6. The lowest BCUT2D eigenvalue weighted by Crippen LogP contribution is -2.13. The van der Waals surface area contributed by atoms with E-state index in [2.05, 4.69) is 6.58 Å². The predicted molar refractivity (Wildman–Crippen MR) is 47.8 cm³/mol. The van der Waals surface area contributed by atoms with Crippen LogP contribution in [0.4, 0.5) is 0 Å². The average Bonchev–Trinajstić information content (AvgIpc) is 2.03. The van der Waals surface area contributed by atoms with Crippen LogP contribution in [0.2, 0.25) is 0 Å². The molecule has 0 aromatic heterocycles. The summed E-state index contributed by atoms with van der Waals surface area (Å²) in [5.41, 5.74) is 0.426. The standard InChI is InChI=1S/C8H14O3Si/c1-4-5-11-12-6-10-8(9)7(2)3/h2,4-6H2,1,3H3. The monoisotopic (exact) mass is 186 g/mol.